The van der Waals surface area contributed by atoms with Gasteiger partial charge in [-0.3, -0.25) is 0 Å². The number of para-hydroxylation sites is 1. The summed E-state index contributed by atoms with van der Waals surface area (Å²) < 4.78 is 13.3. The maximum absolute atomic E-state index is 13.3. The molecule has 1 aromatic heterocycles. The lowest BCUT2D eigenvalue weighted by atomic mass is 10.00. The van der Waals surface area contributed by atoms with E-state index >= 15 is 0 Å². The monoisotopic (exact) mass is 426 g/mol. The number of nitrogens with one attached hydrogen (secondary N) is 4. The Kier molecular flexibility index (Phi) is 5.09. The van der Waals surface area contributed by atoms with Gasteiger partial charge in [-0.05, 0) is 54.1 Å². The SMILES string of the molecule is O=C(Nc1ccc(Nc2ncnc3c2Cc2ccccc2N3)cc1)Nc1cccc(F)c1. The van der Waals surface area contributed by atoms with Gasteiger partial charge in [-0.25, -0.2) is 19.2 Å². The van der Waals surface area contributed by atoms with E-state index in [1.165, 1.54) is 30.1 Å². The van der Waals surface area contributed by atoms with Crippen molar-refractivity contribution in [1.29, 1.82) is 0 Å². The van der Waals surface area contributed by atoms with Crippen molar-refractivity contribution in [2.75, 3.05) is 21.3 Å². The lowest BCUT2D eigenvalue weighted by Gasteiger charge is -2.22. The summed E-state index contributed by atoms with van der Waals surface area (Å²) in [5.74, 6) is 1.10. The van der Waals surface area contributed by atoms with Crippen LogP contribution in [0, 0.1) is 5.82 Å². The predicted octanol–water partition coefficient (Wildman–Crippen LogP) is 5.65. The molecule has 158 valence electrons. The first-order valence-corrected chi connectivity index (χ1v) is 10.0. The van der Waals surface area contributed by atoms with Crippen LogP contribution in [-0.4, -0.2) is 16.0 Å². The number of amides is 2. The molecule has 8 heteroatoms. The number of benzene rings is 3. The standard InChI is InChI=1S/C24H19FN6O/c25-16-5-3-6-19(13-16)30-24(32)29-18-10-8-17(9-11-18)28-22-20-12-15-4-1-2-7-21(15)31-23(20)27-14-26-22/h1-11,13-14H,12H2,(H2,29,30,32)(H2,26,27,28,31). The topological polar surface area (TPSA) is 91.0 Å². The van der Waals surface area contributed by atoms with Crippen LogP contribution in [0.4, 0.5) is 43.6 Å². The molecule has 4 aromatic rings. The number of aromatic nitrogens is 2. The van der Waals surface area contributed by atoms with Gasteiger partial charge < -0.3 is 21.3 Å². The van der Waals surface area contributed by atoms with E-state index < -0.39 is 11.8 Å². The molecule has 0 atom stereocenters. The minimum atomic E-state index is -0.453. The number of rotatable bonds is 4. The highest BCUT2D eigenvalue weighted by Crippen LogP contribution is 2.35. The summed E-state index contributed by atoms with van der Waals surface area (Å²) in [5, 5.41) is 12.0. The molecule has 7 nitrogen and oxygen atoms in total. The van der Waals surface area contributed by atoms with Crippen molar-refractivity contribution in [3.8, 4) is 0 Å². The zero-order chi connectivity index (χ0) is 21.9. The van der Waals surface area contributed by atoms with E-state index in [0.717, 1.165) is 35.0 Å². The van der Waals surface area contributed by atoms with Crippen LogP contribution in [0.2, 0.25) is 0 Å². The molecule has 3 aromatic carbocycles. The Morgan fingerprint density at radius 1 is 0.875 bits per heavy atom. The van der Waals surface area contributed by atoms with Crippen molar-refractivity contribution >= 4 is 40.4 Å². The van der Waals surface area contributed by atoms with Gasteiger partial charge in [0.25, 0.3) is 0 Å². The fourth-order valence-corrected chi connectivity index (χ4v) is 3.54. The molecule has 0 aliphatic carbocycles. The van der Waals surface area contributed by atoms with E-state index in [-0.39, 0.29) is 0 Å². The Morgan fingerprint density at radius 2 is 1.66 bits per heavy atom. The van der Waals surface area contributed by atoms with E-state index in [0.29, 0.717) is 11.4 Å². The third kappa shape index (κ3) is 4.20. The number of carbonyl (C=O) groups excluding carboxylic acids is 1. The van der Waals surface area contributed by atoms with Gasteiger partial charge in [0.2, 0.25) is 0 Å². The van der Waals surface area contributed by atoms with Crippen LogP contribution < -0.4 is 21.3 Å². The first-order chi connectivity index (χ1) is 15.6. The summed E-state index contributed by atoms with van der Waals surface area (Å²) in [7, 11) is 0. The minimum absolute atomic E-state index is 0.379. The van der Waals surface area contributed by atoms with Gasteiger partial charge in [-0.15, -0.1) is 0 Å². The van der Waals surface area contributed by atoms with Crippen molar-refractivity contribution in [3.63, 3.8) is 0 Å². The maximum Gasteiger partial charge on any atom is 0.323 e. The molecule has 0 fully saturated rings. The summed E-state index contributed by atoms with van der Waals surface area (Å²) in [6.07, 6.45) is 2.25. The van der Waals surface area contributed by atoms with E-state index in [1.54, 1.807) is 18.2 Å². The number of halogens is 1. The normalized spacial score (nSPS) is 11.5. The van der Waals surface area contributed by atoms with E-state index in [2.05, 4.69) is 37.3 Å². The van der Waals surface area contributed by atoms with E-state index in [9.17, 15) is 9.18 Å². The Hall–Kier alpha value is -4.46. The van der Waals surface area contributed by atoms with Crippen LogP contribution in [-0.2, 0) is 6.42 Å². The predicted molar refractivity (Wildman–Crippen MR) is 123 cm³/mol. The summed E-state index contributed by atoms with van der Waals surface area (Å²) >= 11 is 0. The van der Waals surface area contributed by atoms with Crippen molar-refractivity contribution in [3.05, 3.63) is 96.1 Å². The summed E-state index contributed by atoms with van der Waals surface area (Å²) in [5.41, 5.74) is 5.02. The highest BCUT2D eigenvalue weighted by atomic mass is 19.1. The van der Waals surface area contributed by atoms with Gasteiger partial charge in [-0.1, -0.05) is 24.3 Å². The van der Waals surface area contributed by atoms with Crippen molar-refractivity contribution in [2.45, 2.75) is 6.42 Å². The van der Waals surface area contributed by atoms with Gasteiger partial charge in [0, 0.05) is 34.7 Å². The van der Waals surface area contributed by atoms with E-state index in [1.807, 2.05) is 30.3 Å². The smallest absolute Gasteiger partial charge is 0.323 e. The Bertz CT molecular complexity index is 1290. The number of anilines is 6. The average molecular weight is 426 g/mol. The number of urea groups is 1. The Morgan fingerprint density at radius 3 is 2.50 bits per heavy atom. The molecule has 2 heterocycles. The molecule has 0 saturated heterocycles. The first-order valence-electron chi connectivity index (χ1n) is 10.0. The van der Waals surface area contributed by atoms with Crippen LogP contribution >= 0.6 is 0 Å². The summed E-state index contributed by atoms with van der Waals surface area (Å²) in [4.78, 5) is 20.9. The molecule has 1 aliphatic heterocycles. The van der Waals surface area contributed by atoms with Crippen molar-refractivity contribution in [2.24, 2.45) is 0 Å². The lowest BCUT2D eigenvalue weighted by molar-refractivity contribution is 0.262. The third-order valence-electron chi connectivity index (χ3n) is 5.07. The average Bonchev–Trinajstić information content (AvgIpc) is 2.79. The highest BCUT2D eigenvalue weighted by Gasteiger charge is 2.19. The van der Waals surface area contributed by atoms with Gasteiger partial charge in [0.1, 0.15) is 23.8 Å². The molecule has 0 saturated carbocycles. The second-order valence-electron chi connectivity index (χ2n) is 7.30. The van der Waals surface area contributed by atoms with Crippen LogP contribution in [0.1, 0.15) is 11.1 Å². The summed E-state index contributed by atoms with van der Waals surface area (Å²) in [6, 6.07) is 20.6. The fourth-order valence-electron chi connectivity index (χ4n) is 3.54. The van der Waals surface area contributed by atoms with Gasteiger partial charge in [0.15, 0.2) is 0 Å². The van der Waals surface area contributed by atoms with Gasteiger partial charge in [-0.2, -0.15) is 0 Å². The molecule has 4 N–H and O–H groups in total. The fraction of sp³-hybridized carbons (Fsp3) is 0.0417. The molecule has 0 radical (unpaired) electrons. The first kappa shape index (κ1) is 19.5. The third-order valence-corrected chi connectivity index (χ3v) is 5.07. The highest BCUT2D eigenvalue weighted by molar-refractivity contribution is 5.99. The quantitative estimate of drug-likeness (QED) is 0.298. The largest absolute Gasteiger partial charge is 0.340 e. The maximum atomic E-state index is 13.3. The molecule has 1 aliphatic rings. The molecule has 32 heavy (non-hydrogen) atoms. The van der Waals surface area contributed by atoms with Crippen LogP contribution in [0.15, 0.2) is 79.1 Å². The zero-order valence-electron chi connectivity index (χ0n) is 16.9. The molecule has 5 rings (SSSR count). The van der Waals surface area contributed by atoms with E-state index in [4.69, 9.17) is 0 Å². The molecule has 0 bridgehead atoms. The number of hydrogen-bond donors (Lipinski definition) is 4. The van der Waals surface area contributed by atoms with Gasteiger partial charge in [0.05, 0.1) is 0 Å². The Balaban J connectivity index is 1.26. The Labute approximate surface area is 183 Å². The van der Waals surface area contributed by atoms with Crippen LogP contribution in [0.3, 0.4) is 0 Å². The van der Waals surface area contributed by atoms with Crippen LogP contribution in [0.5, 0.6) is 0 Å². The molecular weight excluding hydrogens is 407 g/mol. The van der Waals surface area contributed by atoms with Crippen molar-refractivity contribution in [1.82, 2.24) is 9.97 Å². The second kappa shape index (κ2) is 8.35. The number of nitrogens with zero attached hydrogens (tertiary/aromatic N) is 2. The molecule has 0 unspecified atom stereocenters. The zero-order valence-corrected chi connectivity index (χ0v) is 16.9. The number of fused-ring (bicyclic) bond motifs is 2. The minimum Gasteiger partial charge on any atom is -0.340 e. The van der Waals surface area contributed by atoms with Gasteiger partial charge >= 0.3 is 6.03 Å². The molecule has 0 spiro atoms. The second-order valence-corrected chi connectivity index (χ2v) is 7.30. The number of hydrogen-bond acceptors (Lipinski definition) is 5. The molecule has 2 amide bonds. The van der Waals surface area contributed by atoms with Crippen molar-refractivity contribution < 1.29 is 9.18 Å². The lowest BCUT2D eigenvalue weighted by Crippen LogP contribution is -2.19. The molecular formula is C24H19FN6O. The number of carbonyl (C=O) groups is 1. The van der Waals surface area contributed by atoms with Crippen LogP contribution in [0.25, 0.3) is 0 Å². The summed E-state index contributed by atoms with van der Waals surface area (Å²) in [6.45, 7) is 0.